The molecule has 0 saturated heterocycles. The van der Waals surface area contributed by atoms with Crippen LogP contribution in [0.3, 0.4) is 0 Å². The van der Waals surface area contributed by atoms with Crippen molar-refractivity contribution < 1.29 is 8.83 Å². The van der Waals surface area contributed by atoms with E-state index in [0.29, 0.717) is 0 Å². The zero-order valence-electron chi connectivity index (χ0n) is 14.9. The van der Waals surface area contributed by atoms with E-state index in [9.17, 15) is 0 Å². The van der Waals surface area contributed by atoms with E-state index in [1.807, 2.05) is 24.3 Å². The monoisotopic (exact) mass is 328 g/mol. The fourth-order valence-electron chi connectivity index (χ4n) is 4.18. The van der Waals surface area contributed by atoms with E-state index < -0.39 is 0 Å². The molecule has 0 radical (unpaired) electrons. The fraction of sp³-hybridized carbons (Fsp3) is 0.217. The van der Waals surface area contributed by atoms with Crippen molar-refractivity contribution >= 4 is 43.9 Å². The molecule has 0 N–H and O–H groups in total. The molecule has 0 amide bonds. The maximum absolute atomic E-state index is 6.38. The van der Waals surface area contributed by atoms with Gasteiger partial charge in [-0.25, -0.2) is 0 Å². The van der Waals surface area contributed by atoms with Gasteiger partial charge in [0, 0.05) is 27.1 Å². The maximum Gasteiger partial charge on any atom is 0.139 e. The average molecular weight is 328 g/mol. The molecule has 25 heavy (non-hydrogen) atoms. The van der Waals surface area contributed by atoms with Crippen molar-refractivity contribution in [1.29, 1.82) is 0 Å². The van der Waals surface area contributed by atoms with Gasteiger partial charge in [0.2, 0.25) is 0 Å². The zero-order chi connectivity index (χ0) is 17.3. The largest absolute Gasteiger partial charge is 0.456 e. The van der Waals surface area contributed by atoms with E-state index in [-0.39, 0.29) is 5.41 Å². The highest BCUT2D eigenvalue weighted by atomic mass is 16.3. The Kier molecular flexibility index (Phi) is 2.72. The number of rotatable bonds is 0. The van der Waals surface area contributed by atoms with Gasteiger partial charge >= 0.3 is 0 Å². The summed E-state index contributed by atoms with van der Waals surface area (Å²) in [5, 5.41) is 4.62. The number of para-hydroxylation sites is 1. The third kappa shape index (κ3) is 1.91. The van der Waals surface area contributed by atoms with Gasteiger partial charge in [0.05, 0.1) is 0 Å². The van der Waals surface area contributed by atoms with E-state index in [0.717, 1.165) is 38.5 Å². The second-order valence-corrected chi connectivity index (χ2v) is 7.90. The van der Waals surface area contributed by atoms with Crippen molar-refractivity contribution in [3.8, 4) is 0 Å². The van der Waals surface area contributed by atoms with Crippen LogP contribution in [0.2, 0.25) is 0 Å². The molecule has 124 valence electrons. The van der Waals surface area contributed by atoms with E-state index >= 15 is 0 Å². The molecule has 2 heteroatoms. The Balaban J connectivity index is 2.07. The number of furan rings is 2. The van der Waals surface area contributed by atoms with Crippen LogP contribution in [0.25, 0.3) is 43.9 Å². The van der Waals surface area contributed by atoms with Crippen molar-refractivity contribution in [2.24, 2.45) is 0 Å². The molecule has 0 aliphatic heterocycles. The van der Waals surface area contributed by atoms with Crippen molar-refractivity contribution in [3.05, 3.63) is 59.7 Å². The molecular formula is C23H20O2. The molecule has 0 unspecified atom stereocenters. The van der Waals surface area contributed by atoms with Crippen LogP contribution in [0.1, 0.15) is 31.9 Å². The summed E-state index contributed by atoms with van der Waals surface area (Å²) < 4.78 is 12.4. The molecule has 3 aromatic carbocycles. The summed E-state index contributed by atoms with van der Waals surface area (Å²) in [6.45, 7) is 8.89. The Morgan fingerprint density at radius 2 is 1.36 bits per heavy atom. The molecule has 0 bridgehead atoms. The van der Waals surface area contributed by atoms with Crippen LogP contribution in [0.4, 0.5) is 0 Å². The molecule has 0 fully saturated rings. The second-order valence-electron chi connectivity index (χ2n) is 7.90. The third-order valence-corrected chi connectivity index (χ3v) is 5.10. The highest BCUT2D eigenvalue weighted by Crippen LogP contribution is 2.43. The summed E-state index contributed by atoms with van der Waals surface area (Å²) in [5.74, 6) is 0. The van der Waals surface area contributed by atoms with E-state index in [1.165, 1.54) is 16.5 Å². The second kappa shape index (κ2) is 4.66. The summed E-state index contributed by atoms with van der Waals surface area (Å²) in [6.07, 6.45) is 0. The first-order chi connectivity index (χ1) is 11.9. The van der Waals surface area contributed by atoms with Gasteiger partial charge in [0.15, 0.2) is 0 Å². The number of hydrogen-bond acceptors (Lipinski definition) is 2. The third-order valence-electron chi connectivity index (χ3n) is 5.10. The quantitative estimate of drug-likeness (QED) is 0.303. The molecule has 0 aliphatic carbocycles. The minimum Gasteiger partial charge on any atom is -0.456 e. The van der Waals surface area contributed by atoms with E-state index in [1.54, 1.807) is 0 Å². The maximum atomic E-state index is 6.38. The number of hydrogen-bond donors (Lipinski definition) is 0. The Bertz CT molecular complexity index is 1280. The minimum atomic E-state index is 0.0229. The lowest BCUT2D eigenvalue weighted by atomic mass is 9.83. The molecule has 2 aromatic heterocycles. The standard InChI is InChI=1S/C23H20O2/c1-13-9-10-15-20-18(25-22(15)21(13)23(2,3)4)12-11-17-19(20)14-7-5-6-8-16(14)24-17/h5-12H,1-4H3. The summed E-state index contributed by atoms with van der Waals surface area (Å²) in [6, 6.07) is 16.7. The highest BCUT2D eigenvalue weighted by molar-refractivity contribution is 6.26. The van der Waals surface area contributed by atoms with Crippen molar-refractivity contribution in [1.82, 2.24) is 0 Å². The van der Waals surface area contributed by atoms with Gasteiger partial charge in [-0.05, 0) is 36.1 Å². The summed E-state index contributed by atoms with van der Waals surface area (Å²) in [7, 11) is 0. The lowest BCUT2D eigenvalue weighted by molar-refractivity contribution is 0.569. The van der Waals surface area contributed by atoms with Gasteiger partial charge in [0.1, 0.15) is 22.3 Å². The van der Waals surface area contributed by atoms with Crippen molar-refractivity contribution in [2.45, 2.75) is 33.1 Å². The molecule has 0 spiro atoms. The summed E-state index contributed by atoms with van der Waals surface area (Å²) in [5.41, 5.74) is 6.33. The number of fused-ring (bicyclic) bond motifs is 7. The van der Waals surface area contributed by atoms with Crippen LogP contribution in [0.15, 0.2) is 57.4 Å². The topological polar surface area (TPSA) is 26.3 Å². The van der Waals surface area contributed by atoms with E-state index in [2.05, 4.69) is 52.0 Å². The highest BCUT2D eigenvalue weighted by Gasteiger charge is 2.24. The molecular weight excluding hydrogens is 308 g/mol. The first kappa shape index (κ1) is 14.6. The number of benzene rings is 3. The minimum absolute atomic E-state index is 0.0229. The smallest absolute Gasteiger partial charge is 0.139 e. The lowest BCUT2D eigenvalue weighted by Crippen LogP contribution is -2.13. The Labute approximate surface area is 146 Å². The Morgan fingerprint density at radius 3 is 2.12 bits per heavy atom. The SMILES string of the molecule is Cc1ccc2c(oc3ccc4oc5ccccc5c4c32)c1C(C)(C)C. The molecule has 5 aromatic rings. The van der Waals surface area contributed by atoms with Crippen LogP contribution < -0.4 is 0 Å². The summed E-state index contributed by atoms with van der Waals surface area (Å²) >= 11 is 0. The predicted octanol–water partition coefficient (Wildman–Crippen LogP) is 7.09. The van der Waals surface area contributed by atoms with Gasteiger partial charge in [-0.1, -0.05) is 51.1 Å². The predicted molar refractivity (Wildman–Crippen MR) is 104 cm³/mol. The van der Waals surface area contributed by atoms with Crippen LogP contribution in [0, 0.1) is 6.92 Å². The number of aryl methyl sites for hydroxylation is 1. The Hall–Kier alpha value is -2.74. The normalized spacial score (nSPS) is 12.8. The Morgan fingerprint density at radius 1 is 0.680 bits per heavy atom. The van der Waals surface area contributed by atoms with Gasteiger partial charge in [-0.3, -0.25) is 0 Å². The lowest BCUT2D eigenvalue weighted by Gasteiger charge is -2.21. The van der Waals surface area contributed by atoms with Gasteiger partial charge in [-0.15, -0.1) is 0 Å². The molecule has 0 atom stereocenters. The first-order valence-corrected chi connectivity index (χ1v) is 8.72. The molecule has 5 rings (SSSR count). The van der Waals surface area contributed by atoms with Crippen LogP contribution in [-0.4, -0.2) is 0 Å². The van der Waals surface area contributed by atoms with Gasteiger partial charge in [0.25, 0.3) is 0 Å². The zero-order valence-corrected chi connectivity index (χ0v) is 14.9. The van der Waals surface area contributed by atoms with Crippen molar-refractivity contribution in [3.63, 3.8) is 0 Å². The van der Waals surface area contributed by atoms with Gasteiger partial charge in [-0.2, -0.15) is 0 Å². The van der Waals surface area contributed by atoms with Crippen LogP contribution in [-0.2, 0) is 5.41 Å². The van der Waals surface area contributed by atoms with Gasteiger partial charge < -0.3 is 8.83 Å². The van der Waals surface area contributed by atoms with Crippen molar-refractivity contribution in [2.75, 3.05) is 0 Å². The average Bonchev–Trinajstić information content (AvgIpc) is 3.10. The van der Waals surface area contributed by atoms with Crippen LogP contribution in [0.5, 0.6) is 0 Å². The van der Waals surface area contributed by atoms with E-state index in [4.69, 9.17) is 8.83 Å². The van der Waals surface area contributed by atoms with Crippen LogP contribution >= 0.6 is 0 Å². The molecule has 0 saturated carbocycles. The molecule has 2 heterocycles. The summed E-state index contributed by atoms with van der Waals surface area (Å²) in [4.78, 5) is 0. The first-order valence-electron chi connectivity index (χ1n) is 8.72. The molecule has 0 aliphatic rings. The molecule has 2 nitrogen and oxygen atoms in total. The fourth-order valence-corrected chi connectivity index (χ4v) is 4.18.